The van der Waals surface area contributed by atoms with Gasteiger partial charge in [-0.25, -0.2) is 12.1 Å². The maximum atomic E-state index is 6.06. The first kappa shape index (κ1) is 25.2. The van der Waals surface area contributed by atoms with Crippen LogP contribution in [0.15, 0.2) is 114 Å². The molecule has 33 heavy (non-hydrogen) atoms. The van der Waals surface area contributed by atoms with Gasteiger partial charge in [-0.05, 0) is 23.9 Å². The Morgan fingerprint density at radius 3 is 1.79 bits per heavy atom. The molecule has 0 aliphatic carbocycles. The summed E-state index contributed by atoms with van der Waals surface area (Å²) in [5.41, 5.74) is 1.25. The molecule has 0 aromatic heterocycles. The van der Waals surface area contributed by atoms with Gasteiger partial charge in [0.05, 0.1) is 6.04 Å². The number of aliphatic imine (C=N–C) groups is 1. The van der Waals surface area contributed by atoms with Crippen molar-refractivity contribution in [3.8, 4) is 0 Å². The van der Waals surface area contributed by atoms with E-state index in [2.05, 4.69) is 99.6 Å². The van der Waals surface area contributed by atoms with E-state index in [-0.39, 0.29) is 28.5 Å². The summed E-state index contributed by atoms with van der Waals surface area (Å²) in [6.45, 7) is 7.33. The van der Waals surface area contributed by atoms with Gasteiger partial charge in [-0.3, -0.25) is 4.99 Å². The summed E-state index contributed by atoms with van der Waals surface area (Å²) in [7, 11) is -0.649. The summed E-state index contributed by atoms with van der Waals surface area (Å²) in [6.07, 6.45) is 0. The van der Waals surface area contributed by atoms with Crippen LogP contribution in [0.4, 0.5) is 0 Å². The number of rotatable bonds is 4. The minimum Gasteiger partial charge on any atom is -0.748 e. The van der Waals surface area contributed by atoms with Crippen LogP contribution in [0.5, 0.6) is 0 Å². The van der Waals surface area contributed by atoms with Gasteiger partial charge in [-0.15, -0.1) is 5.30 Å². The van der Waals surface area contributed by atoms with E-state index in [1.165, 1.54) is 15.9 Å². The molecular formula is C29H30FeNOP-6. The fraction of sp³-hybridized carbons (Fsp3) is 0.207. The van der Waals surface area contributed by atoms with Gasteiger partial charge in [0.15, 0.2) is 5.90 Å². The topological polar surface area (TPSA) is 21.6 Å². The quantitative estimate of drug-likeness (QED) is 0.201. The number of nitrogens with zero attached hydrogens (tertiary/aromatic N) is 1. The Hall–Kier alpha value is -2.44. The fourth-order valence-electron chi connectivity index (χ4n) is 3.65. The molecule has 0 bridgehead atoms. The molecule has 0 spiro atoms. The second-order valence-corrected chi connectivity index (χ2v) is 11.1. The Morgan fingerprint density at radius 2 is 1.33 bits per heavy atom. The normalized spacial score (nSPS) is 15.2. The van der Waals surface area contributed by atoms with E-state index in [9.17, 15) is 0 Å². The van der Waals surface area contributed by atoms with E-state index in [0.29, 0.717) is 6.61 Å². The van der Waals surface area contributed by atoms with Crippen molar-refractivity contribution in [3.63, 3.8) is 0 Å². The van der Waals surface area contributed by atoms with Gasteiger partial charge in [0.2, 0.25) is 0 Å². The largest absolute Gasteiger partial charge is 0.748 e. The molecule has 0 amide bonds. The second kappa shape index (κ2) is 11.6. The summed E-state index contributed by atoms with van der Waals surface area (Å²) in [6, 6.07) is 38.3. The zero-order chi connectivity index (χ0) is 22.4. The first-order valence-electron chi connectivity index (χ1n) is 11.1. The predicted octanol–water partition coefficient (Wildman–Crippen LogP) is 5.76. The predicted molar refractivity (Wildman–Crippen MR) is 139 cm³/mol. The Labute approximate surface area is 209 Å². The first-order chi connectivity index (χ1) is 15.5. The molecule has 4 heteroatoms. The van der Waals surface area contributed by atoms with E-state index in [1.54, 1.807) is 0 Å². The SMILES string of the molecule is CC(C)(C)[C@H]1COC([c-]2cccc2P(c2ccccc2)c2ccccc2)=N1.[Fe].[cH-]1[cH-][cH-][cH-][cH-]1. The van der Waals surface area contributed by atoms with Crippen molar-refractivity contribution in [2.45, 2.75) is 26.8 Å². The summed E-state index contributed by atoms with van der Waals surface area (Å²) >= 11 is 0. The van der Waals surface area contributed by atoms with Crippen LogP contribution in [0.2, 0.25) is 0 Å². The van der Waals surface area contributed by atoms with Crippen LogP contribution in [-0.2, 0) is 21.8 Å². The van der Waals surface area contributed by atoms with Crippen LogP contribution in [0.3, 0.4) is 0 Å². The van der Waals surface area contributed by atoms with Gasteiger partial charge >= 0.3 is 0 Å². The van der Waals surface area contributed by atoms with E-state index in [0.717, 1.165) is 11.5 Å². The Morgan fingerprint density at radius 1 is 0.818 bits per heavy atom. The minimum absolute atomic E-state index is 0. The molecule has 0 saturated heterocycles. The van der Waals surface area contributed by atoms with E-state index >= 15 is 0 Å². The van der Waals surface area contributed by atoms with Crippen molar-refractivity contribution < 1.29 is 21.8 Å². The minimum atomic E-state index is -0.649. The van der Waals surface area contributed by atoms with Crippen molar-refractivity contribution in [3.05, 3.63) is 115 Å². The number of hydrogen-bond donors (Lipinski definition) is 0. The number of benzene rings is 2. The maximum Gasteiger partial charge on any atom is 0.157 e. The van der Waals surface area contributed by atoms with Crippen LogP contribution in [-0.4, -0.2) is 18.5 Å². The van der Waals surface area contributed by atoms with Crippen molar-refractivity contribution >= 4 is 29.7 Å². The van der Waals surface area contributed by atoms with Crippen molar-refractivity contribution in [1.82, 2.24) is 0 Å². The van der Waals surface area contributed by atoms with E-state index in [4.69, 9.17) is 9.73 Å². The molecule has 4 aromatic rings. The molecular weight excluding hydrogens is 465 g/mol. The summed E-state index contributed by atoms with van der Waals surface area (Å²) in [4.78, 5) is 4.94. The van der Waals surface area contributed by atoms with Gasteiger partial charge in [-0.1, -0.05) is 87.0 Å². The zero-order valence-electron chi connectivity index (χ0n) is 19.3. The number of ether oxygens (including phenoxy) is 1. The molecule has 1 atom stereocenters. The van der Waals surface area contributed by atoms with Crippen LogP contribution in [0, 0.1) is 5.41 Å². The van der Waals surface area contributed by atoms with E-state index in [1.807, 2.05) is 30.3 Å². The monoisotopic (exact) mass is 495 g/mol. The third-order valence-corrected chi connectivity index (χ3v) is 8.00. The van der Waals surface area contributed by atoms with Gasteiger partial charge in [-0.2, -0.15) is 6.07 Å². The molecule has 2 nitrogen and oxygen atoms in total. The molecule has 0 N–H and O–H groups in total. The van der Waals surface area contributed by atoms with Crippen LogP contribution < -0.4 is 15.9 Å². The zero-order valence-corrected chi connectivity index (χ0v) is 21.3. The molecule has 0 unspecified atom stereocenters. The van der Waals surface area contributed by atoms with Gasteiger partial charge < -0.3 is 35.1 Å². The third kappa shape index (κ3) is 6.33. The second-order valence-electron chi connectivity index (χ2n) is 8.92. The molecule has 1 aliphatic heterocycles. The fourth-order valence-corrected chi connectivity index (χ4v) is 6.09. The average Bonchev–Trinajstić information content (AvgIpc) is 3.58. The van der Waals surface area contributed by atoms with Crippen molar-refractivity contribution in [2.24, 2.45) is 10.4 Å². The van der Waals surface area contributed by atoms with E-state index < -0.39 is 7.92 Å². The first-order valence-corrected chi connectivity index (χ1v) is 12.4. The molecule has 0 saturated carbocycles. The molecule has 176 valence electrons. The summed E-state index contributed by atoms with van der Waals surface area (Å²) < 4.78 is 6.06. The molecule has 0 radical (unpaired) electrons. The number of hydrogen-bond acceptors (Lipinski definition) is 2. The third-order valence-electron chi connectivity index (χ3n) is 5.50. The Kier molecular flexibility index (Phi) is 8.87. The molecule has 1 heterocycles. The average molecular weight is 495 g/mol. The Balaban J connectivity index is 0.000000453. The van der Waals surface area contributed by atoms with Gasteiger partial charge in [0.1, 0.15) is 6.61 Å². The van der Waals surface area contributed by atoms with Crippen molar-refractivity contribution in [1.29, 1.82) is 0 Å². The van der Waals surface area contributed by atoms with Crippen LogP contribution in [0.25, 0.3) is 0 Å². The molecule has 4 aromatic carbocycles. The standard InChI is InChI=1S/C24H25NOP.C5H5.Fe/c1-24(2,3)22-17-26-23(25-22)20-15-10-16-21(20)27(18-11-6-4-7-12-18)19-13-8-5-9-14-19;1-2-4-5-3-1;/h4-16,22H,17H2,1-3H3;1-5H;/q-1;-5;/t22-;;/m1../s1. The maximum absolute atomic E-state index is 6.06. The molecule has 1 aliphatic rings. The van der Waals surface area contributed by atoms with Crippen molar-refractivity contribution in [2.75, 3.05) is 6.61 Å². The summed E-state index contributed by atoms with van der Waals surface area (Å²) in [5.74, 6) is 0.800. The molecule has 0 fully saturated rings. The summed E-state index contributed by atoms with van der Waals surface area (Å²) in [5, 5.41) is 4.00. The van der Waals surface area contributed by atoms with Crippen LogP contribution >= 0.6 is 7.92 Å². The smallest absolute Gasteiger partial charge is 0.157 e. The van der Waals surface area contributed by atoms with Crippen LogP contribution in [0.1, 0.15) is 26.3 Å². The van der Waals surface area contributed by atoms with Gasteiger partial charge in [0, 0.05) is 17.1 Å². The Bertz CT molecular complexity index is 1050. The van der Waals surface area contributed by atoms with Gasteiger partial charge in [0.25, 0.3) is 0 Å². The molecule has 5 rings (SSSR count).